The Hall–Kier alpha value is -9.04. The van der Waals surface area contributed by atoms with Crippen molar-refractivity contribution in [1.82, 2.24) is 0 Å². The fourth-order valence-corrected chi connectivity index (χ4v) is 10.2. The summed E-state index contributed by atoms with van der Waals surface area (Å²) in [5.41, 5.74) is 20.1. The van der Waals surface area contributed by atoms with Crippen molar-refractivity contribution in [3.63, 3.8) is 0 Å². The molecule has 0 aliphatic heterocycles. The van der Waals surface area contributed by atoms with Crippen LogP contribution in [0.4, 0.5) is 17.1 Å². The summed E-state index contributed by atoms with van der Waals surface area (Å²) in [6.07, 6.45) is 0. The first-order valence-corrected chi connectivity index (χ1v) is 23.7. The van der Waals surface area contributed by atoms with E-state index in [9.17, 15) is 0 Å². The highest BCUT2D eigenvalue weighted by Crippen LogP contribution is 2.44. The van der Waals surface area contributed by atoms with Crippen LogP contribution in [0.1, 0.15) is 0 Å². The molecular formula is C68H47N. The first-order chi connectivity index (χ1) is 34.2. The molecular weight excluding hydrogens is 831 g/mol. The highest BCUT2D eigenvalue weighted by atomic mass is 15.1. The molecule has 324 valence electrons. The second-order valence-corrected chi connectivity index (χ2v) is 17.6. The van der Waals surface area contributed by atoms with Gasteiger partial charge in [0.05, 0.1) is 0 Å². The zero-order chi connectivity index (χ0) is 45.9. The molecule has 0 N–H and O–H groups in total. The molecule has 0 aromatic heterocycles. The number of anilines is 3. The molecule has 12 aromatic carbocycles. The molecule has 0 radical (unpaired) electrons. The Labute approximate surface area is 404 Å². The molecule has 0 saturated carbocycles. The van der Waals surface area contributed by atoms with Crippen molar-refractivity contribution in [2.45, 2.75) is 0 Å². The number of hydrogen-bond donors (Lipinski definition) is 0. The number of rotatable bonds is 10. The van der Waals surface area contributed by atoms with Crippen molar-refractivity contribution < 1.29 is 0 Å². The highest BCUT2D eigenvalue weighted by Gasteiger charge is 2.18. The van der Waals surface area contributed by atoms with E-state index in [0.29, 0.717) is 0 Å². The fraction of sp³-hybridized carbons (Fsp3) is 0. The van der Waals surface area contributed by atoms with Crippen LogP contribution in [-0.2, 0) is 0 Å². The average molecular weight is 878 g/mol. The fourth-order valence-electron chi connectivity index (χ4n) is 10.2. The molecule has 1 nitrogen and oxygen atoms in total. The Morgan fingerprint density at radius 2 is 0.493 bits per heavy atom. The maximum Gasteiger partial charge on any atom is 0.0467 e. The Morgan fingerprint density at radius 3 is 1.03 bits per heavy atom. The van der Waals surface area contributed by atoms with E-state index in [1.54, 1.807) is 0 Å². The van der Waals surface area contributed by atoms with E-state index in [4.69, 9.17) is 0 Å². The molecule has 0 fully saturated rings. The minimum absolute atomic E-state index is 1.08. The number of nitrogens with zero attached hydrogens (tertiary/aromatic N) is 1. The number of fused-ring (bicyclic) bond motifs is 2. The summed E-state index contributed by atoms with van der Waals surface area (Å²) in [5, 5.41) is 5.00. The van der Waals surface area contributed by atoms with Crippen LogP contribution in [0.5, 0.6) is 0 Å². The summed E-state index contributed by atoms with van der Waals surface area (Å²) in [7, 11) is 0. The van der Waals surface area contributed by atoms with Crippen LogP contribution >= 0.6 is 0 Å². The van der Waals surface area contributed by atoms with Gasteiger partial charge in [0, 0.05) is 17.1 Å². The zero-order valence-electron chi connectivity index (χ0n) is 38.1. The summed E-state index contributed by atoms with van der Waals surface area (Å²) >= 11 is 0. The third-order valence-corrected chi connectivity index (χ3v) is 13.5. The molecule has 0 unspecified atom stereocenters. The van der Waals surface area contributed by atoms with E-state index in [-0.39, 0.29) is 0 Å². The van der Waals surface area contributed by atoms with E-state index in [1.165, 1.54) is 93.9 Å². The topological polar surface area (TPSA) is 3.24 Å². The van der Waals surface area contributed by atoms with Crippen LogP contribution in [0.3, 0.4) is 0 Å². The molecule has 0 bridgehead atoms. The Balaban J connectivity index is 0.921. The van der Waals surface area contributed by atoms with Gasteiger partial charge in [0.15, 0.2) is 0 Å². The van der Waals surface area contributed by atoms with Crippen molar-refractivity contribution in [1.29, 1.82) is 0 Å². The molecule has 0 aliphatic carbocycles. The Kier molecular flexibility index (Phi) is 11.0. The predicted molar refractivity (Wildman–Crippen MR) is 294 cm³/mol. The predicted octanol–water partition coefficient (Wildman–Crippen LogP) is 19.1. The minimum Gasteiger partial charge on any atom is -0.310 e. The van der Waals surface area contributed by atoms with Gasteiger partial charge in [0.25, 0.3) is 0 Å². The second kappa shape index (κ2) is 18.3. The van der Waals surface area contributed by atoms with Gasteiger partial charge in [0.1, 0.15) is 0 Å². The van der Waals surface area contributed by atoms with Crippen LogP contribution < -0.4 is 4.90 Å². The lowest BCUT2D eigenvalue weighted by Crippen LogP contribution is -2.10. The maximum atomic E-state index is 2.38. The molecule has 12 rings (SSSR count). The highest BCUT2D eigenvalue weighted by molar-refractivity contribution is 5.99. The molecule has 0 atom stereocenters. The summed E-state index contributed by atoms with van der Waals surface area (Å²) in [4.78, 5) is 2.38. The van der Waals surface area contributed by atoms with E-state index >= 15 is 0 Å². The van der Waals surface area contributed by atoms with Gasteiger partial charge in [-0.3, -0.25) is 0 Å². The van der Waals surface area contributed by atoms with E-state index in [2.05, 4.69) is 290 Å². The quantitative estimate of drug-likeness (QED) is 0.132. The van der Waals surface area contributed by atoms with Crippen LogP contribution in [0.2, 0.25) is 0 Å². The van der Waals surface area contributed by atoms with Crippen LogP contribution in [0, 0.1) is 0 Å². The third-order valence-electron chi connectivity index (χ3n) is 13.5. The van der Waals surface area contributed by atoms with Crippen molar-refractivity contribution in [3.8, 4) is 77.9 Å². The number of hydrogen-bond acceptors (Lipinski definition) is 1. The molecule has 0 heterocycles. The maximum absolute atomic E-state index is 2.38. The van der Waals surface area contributed by atoms with Gasteiger partial charge in [0.2, 0.25) is 0 Å². The Bertz CT molecular complexity index is 3740. The third kappa shape index (κ3) is 8.07. The van der Waals surface area contributed by atoms with Gasteiger partial charge in [-0.15, -0.1) is 0 Å². The first kappa shape index (κ1) is 41.4. The van der Waals surface area contributed by atoms with Gasteiger partial charge >= 0.3 is 0 Å². The SMILES string of the molecule is c1ccc(-c2ccccc2-c2ccccc2-c2ccccc2-c2ccc(N(c3ccc(-c4ccc(-c5cccc6ccccc56)cc4)cc3)c3cccc(-c4cccc5ccccc45)c3)cc2)cc1. The largest absolute Gasteiger partial charge is 0.310 e. The Morgan fingerprint density at radius 1 is 0.174 bits per heavy atom. The van der Waals surface area contributed by atoms with Gasteiger partial charge in [-0.2, -0.15) is 0 Å². The van der Waals surface area contributed by atoms with Crippen molar-refractivity contribution in [2.75, 3.05) is 4.90 Å². The van der Waals surface area contributed by atoms with Crippen LogP contribution in [0.15, 0.2) is 285 Å². The first-order valence-electron chi connectivity index (χ1n) is 23.7. The molecule has 0 amide bonds. The molecule has 0 saturated heterocycles. The van der Waals surface area contributed by atoms with Gasteiger partial charge < -0.3 is 4.90 Å². The van der Waals surface area contributed by atoms with Gasteiger partial charge in [-0.05, 0) is 136 Å². The van der Waals surface area contributed by atoms with Gasteiger partial charge in [-0.25, -0.2) is 0 Å². The zero-order valence-corrected chi connectivity index (χ0v) is 38.1. The lowest BCUT2D eigenvalue weighted by atomic mass is 9.87. The van der Waals surface area contributed by atoms with E-state index < -0.39 is 0 Å². The van der Waals surface area contributed by atoms with Crippen molar-refractivity contribution >= 4 is 38.6 Å². The van der Waals surface area contributed by atoms with Crippen LogP contribution in [-0.4, -0.2) is 0 Å². The monoisotopic (exact) mass is 877 g/mol. The average Bonchev–Trinajstić information content (AvgIpc) is 3.43. The summed E-state index contributed by atoms with van der Waals surface area (Å²) in [6.45, 7) is 0. The summed E-state index contributed by atoms with van der Waals surface area (Å²) in [5.74, 6) is 0. The smallest absolute Gasteiger partial charge is 0.0467 e. The summed E-state index contributed by atoms with van der Waals surface area (Å²) < 4.78 is 0. The van der Waals surface area contributed by atoms with Crippen molar-refractivity contribution in [3.05, 3.63) is 285 Å². The molecule has 1 heteroatoms. The minimum atomic E-state index is 1.08. The standard InChI is InChI=1S/C68H47N/c1-2-17-50(18-3-1)62-27-8-10-29-65(62)67-31-12-13-32-68(67)66-30-11-9-28-63(66)54-41-45-57(46-42-54)69(58-24-14-23-55(47-58)64-34-16-22-52-20-5-7-26-60(52)64)56-43-39-49(40-44-56)48-35-37-53(38-36-48)61-33-15-21-51-19-4-6-25-59(51)61/h1-47H. The second-order valence-electron chi connectivity index (χ2n) is 17.6. The lowest BCUT2D eigenvalue weighted by Gasteiger charge is -2.27. The van der Waals surface area contributed by atoms with E-state index in [1.807, 2.05) is 0 Å². The van der Waals surface area contributed by atoms with Gasteiger partial charge in [-0.1, -0.05) is 249 Å². The molecule has 69 heavy (non-hydrogen) atoms. The molecule has 12 aromatic rings. The number of benzene rings is 12. The lowest BCUT2D eigenvalue weighted by molar-refractivity contribution is 1.28. The normalized spacial score (nSPS) is 11.2. The summed E-state index contributed by atoms with van der Waals surface area (Å²) in [6, 6.07) is 104. The van der Waals surface area contributed by atoms with E-state index in [0.717, 1.165) is 22.6 Å². The van der Waals surface area contributed by atoms with Crippen LogP contribution in [0.25, 0.3) is 99.4 Å². The molecule has 0 spiro atoms. The van der Waals surface area contributed by atoms with Crippen molar-refractivity contribution in [2.24, 2.45) is 0 Å². The molecule has 0 aliphatic rings.